The molecule has 2 aromatic carbocycles. The number of hydrogen-bond donors (Lipinski definition) is 2. The molecule has 0 aliphatic carbocycles. The molecule has 15 heavy (non-hydrogen) atoms. The molecule has 0 fully saturated rings. The number of rotatable bonds is 0. The van der Waals surface area contributed by atoms with Crippen molar-refractivity contribution in [3.8, 4) is 5.75 Å². The summed E-state index contributed by atoms with van der Waals surface area (Å²) in [6, 6.07) is 11.6. The first-order chi connectivity index (χ1) is 7.27. The van der Waals surface area contributed by atoms with Crippen molar-refractivity contribution in [3.63, 3.8) is 0 Å². The fourth-order valence-corrected chi connectivity index (χ4v) is 2.95. The van der Waals surface area contributed by atoms with Gasteiger partial charge in [-0.05, 0) is 18.2 Å². The molecule has 0 bridgehead atoms. The van der Waals surface area contributed by atoms with Gasteiger partial charge in [-0.3, -0.25) is 0 Å². The normalized spacial score (nSPS) is 11.2. The first-order valence-electron chi connectivity index (χ1n) is 4.66. The average Bonchev–Trinajstić information content (AvgIpc) is 2.62. The van der Waals surface area contributed by atoms with Crippen LogP contribution in [0.4, 0.5) is 5.69 Å². The molecule has 3 N–H and O–H groups in total. The predicted molar refractivity (Wildman–Crippen MR) is 65.4 cm³/mol. The molecule has 1 heterocycles. The molecule has 0 spiro atoms. The van der Waals surface area contributed by atoms with E-state index in [1.807, 2.05) is 24.3 Å². The molecule has 3 rings (SSSR count). The van der Waals surface area contributed by atoms with Gasteiger partial charge in [-0.25, -0.2) is 0 Å². The number of phenolic OH excluding ortho intramolecular Hbond substituents is 1. The Labute approximate surface area is 90.6 Å². The van der Waals surface area contributed by atoms with E-state index in [-0.39, 0.29) is 5.75 Å². The summed E-state index contributed by atoms with van der Waals surface area (Å²) in [6.45, 7) is 0. The highest BCUT2D eigenvalue weighted by Gasteiger charge is 2.09. The van der Waals surface area contributed by atoms with Crippen LogP contribution in [0.1, 0.15) is 0 Å². The molecule has 0 amide bonds. The molecule has 0 atom stereocenters. The minimum atomic E-state index is 0.158. The lowest BCUT2D eigenvalue weighted by Crippen LogP contribution is -1.85. The van der Waals surface area contributed by atoms with Crippen LogP contribution < -0.4 is 5.73 Å². The van der Waals surface area contributed by atoms with Gasteiger partial charge in [-0.15, -0.1) is 11.3 Å². The second-order valence-corrected chi connectivity index (χ2v) is 4.55. The van der Waals surface area contributed by atoms with Crippen molar-refractivity contribution >= 4 is 37.2 Å². The zero-order valence-corrected chi connectivity index (χ0v) is 8.71. The van der Waals surface area contributed by atoms with E-state index in [4.69, 9.17) is 5.73 Å². The number of fused-ring (bicyclic) bond motifs is 3. The molecular weight excluding hydrogens is 206 g/mol. The van der Waals surface area contributed by atoms with Crippen LogP contribution in [0.15, 0.2) is 36.4 Å². The lowest BCUT2D eigenvalue weighted by atomic mass is 10.1. The van der Waals surface area contributed by atoms with Gasteiger partial charge < -0.3 is 10.8 Å². The summed E-state index contributed by atoms with van der Waals surface area (Å²) >= 11 is 1.69. The molecule has 0 radical (unpaired) electrons. The Bertz CT molecular complexity index is 657. The van der Waals surface area contributed by atoms with Gasteiger partial charge in [-0.2, -0.15) is 0 Å². The summed E-state index contributed by atoms with van der Waals surface area (Å²) < 4.78 is 2.32. The van der Waals surface area contributed by atoms with Gasteiger partial charge in [0.05, 0.1) is 5.69 Å². The Morgan fingerprint density at radius 1 is 1.00 bits per heavy atom. The fraction of sp³-hybridized carbons (Fsp3) is 0. The maximum Gasteiger partial charge on any atom is 0.139 e. The van der Waals surface area contributed by atoms with Crippen LogP contribution in [-0.2, 0) is 0 Å². The Kier molecular flexibility index (Phi) is 1.64. The third-order valence-corrected chi connectivity index (χ3v) is 3.70. The van der Waals surface area contributed by atoms with E-state index in [2.05, 4.69) is 6.07 Å². The fourth-order valence-electron chi connectivity index (χ4n) is 1.83. The molecule has 0 saturated heterocycles. The van der Waals surface area contributed by atoms with Crippen molar-refractivity contribution in [1.82, 2.24) is 0 Å². The zero-order chi connectivity index (χ0) is 10.4. The third-order valence-electron chi connectivity index (χ3n) is 2.56. The number of benzene rings is 2. The molecule has 1 aromatic heterocycles. The lowest BCUT2D eigenvalue weighted by molar-refractivity contribution is 0.479. The summed E-state index contributed by atoms with van der Waals surface area (Å²) in [5.74, 6) is 0.158. The monoisotopic (exact) mass is 215 g/mol. The van der Waals surface area contributed by atoms with Gasteiger partial charge in [-0.1, -0.05) is 18.2 Å². The molecule has 0 aliphatic rings. The molecule has 0 aliphatic heterocycles. The molecule has 3 heteroatoms. The molecule has 2 nitrogen and oxygen atoms in total. The second-order valence-electron chi connectivity index (χ2n) is 3.47. The largest absolute Gasteiger partial charge is 0.506 e. The van der Waals surface area contributed by atoms with E-state index in [1.165, 1.54) is 4.70 Å². The summed E-state index contributed by atoms with van der Waals surface area (Å²) in [6.07, 6.45) is 0. The van der Waals surface area contributed by atoms with Gasteiger partial charge >= 0.3 is 0 Å². The van der Waals surface area contributed by atoms with Gasteiger partial charge in [0.25, 0.3) is 0 Å². The number of nitrogen functional groups attached to an aromatic ring is 1. The van der Waals surface area contributed by atoms with Crippen LogP contribution in [0.5, 0.6) is 5.75 Å². The first kappa shape index (κ1) is 8.56. The number of anilines is 1. The van der Waals surface area contributed by atoms with E-state index in [9.17, 15) is 5.11 Å². The minimum Gasteiger partial charge on any atom is -0.506 e. The molecule has 0 saturated carbocycles. The van der Waals surface area contributed by atoms with Crippen molar-refractivity contribution in [2.45, 2.75) is 0 Å². The highest BCUT2D eigenvalue weighted by Crippen LogP contribution is 2.40. The van der Waals surface area contributed by atoms with Crippen LogP contribution in [0, 0.1) is 0 Å². The molecule has 0 unspecified atom stereocenters. The number of phenols is 1. The van der Waals surface area contributed by atoms with E-state index in [0.29, 0.717) is 5.69 Å². The van der Waals surface area contributed by atoms with Crippen LogP contribution in [0.25, 0.3) is 20.2 Å². The second kappa shape index (κ2) is 2.87. The minimum absolute atomic E-state index is 0.158. The van der Waals surface area contributed by atoms with Crippen LogP contribution in [0.2, 0.25) is 0 Å². The maximum atomic E-state index is 9.57. The van der Waals surface area contributed by atoms with Crippen molar-refractivity contribution < 1.29 is 5.11 Å². The van der Waals surface area contributed by atoms with Crippen LogP contribution in [-0.4, -0.2) is 5.11 Å². The smallest absolute Gasteiger partial charge is 0.139 e. The van der Waals surface area contributed by atoms with E-state index >= 15 is 0 Å². The summed E-state index contributed by atoms with van der Waals surface area (Å²) in [5, 5.41) is 11.7. The Hall–Kier alpha value is -1.74. The standard InChI is InChI=1S/C12H9NOS/c13-12-8(14)5-6-10-11(12)7-3-1-2-4-9(7)15-10/h1-6,14H,13H2. The van der Waals surface area contributed by atoms with Crippen molar-refractivity contribution in [1.29, 1.82) is 0 Å². The highest BCUT2D eigenvalue weighted by atomic mass is 32.1. The quantitative estimate of drug-likeness (QED) is 0.446. The van der Waals surface area contributed by atoms with Crippen LogP contribution >= 0.6 is 11.3 Å². The van der Waals surface area contributed by atoms with Crippen molar-refractivity contribution in [2.75, 3.05) is 5.73 Å². The van der Waals surface area contributed by atoms with Gasteiger partial charge in [0.2, 0.25) is 0 Å². The number of nitrogens with two attached hydrogens (primary N) is 1. The number of aromatic hydroxyl groups is 1. The SMILES string of the molecule is Nc1c(O)ccc2sc3ccccc3c12. The van der Waals surface area contributed by atoms with Gasteiger partial charge in [0, 0.05) is 20.2 Å². The summed E-state index contributed by atoms with van der Waals surface area (Å²) in [5.41, 5.74) is 6.36. The Morgan fingerprint density at radius 3 is 2.67 bits per heavy atom. The Balaban J connectivity index is 2.63. The van der Waals surface area contributed by atoms with Gasteiger partial charge in [0.1, 0.15) is 5.75 Å². The summed E-state index contributed by atoms with van der Waals surface area (Å²) in [4.78, 5) is 0. The number of thiophene rings is 1. The number of hydrogen-bond acceptors (Lipinski definition) is 3. The summed E-state index contributed by atoms with van der Waals surface area (Å²) in [7, 11) is 0. The third kappa shape index (κ3) is 1.10. The van der Waals surface area contributed by atoms with Crippen LogP contribution in [0.3, 0.4) is 0 Å². The topological polar surface area (TPSA) is 46.2 Å². The molecular formula is C12H9NOS. The zero-order valence-electron chi connectivity index (χ0n) is 7.90. The van der Waals surface area contributed by atoms with E-state index in [1.54, 1.807) is 17.4 Å². The predicted octanol–water partition coefficient (Wildman–Crippen LogP) is 3.34. The van der Waals surface area contributed by atoms with Gasteiger partial charge in [0.15, 0.2) is 0 Å². The maximum absolute atomic E-state index is 9.57. The molecule has 74 valence electrons. The van der Waals surface area contributed by atoms with Crippen molar-refractivity contribution in [2.24, 2.45) is 0 Å². The van der Waals surface area contributed by atoms with Crippen molar-refractivity contribution in [3.05, 3.63) is 36.4 Å². The Morgan fingerprint density at radius 2 is 1.80 bits per heavy atom. The van der Waals surface area contributed by atoms with E-state index in [0.717, 1.165) is 15.5 Å². The lowest BCUT2D eigenvalue weighted by Gasteiger charge is -1.99. The highest BCUT2D eigenvalue weighted by molar-refractivity contribution is 7.25. The molecule has 3 aromatic rings. The van der Waals surface area contributed by atoms with E-state index < -0.39 is 0 Å². The average molecular weight is 215 g/mol. The first-order valence-corrected chi connectivity index (χ1v) is 5.48.